The number of aromatic nitrogens is 2. The molecule has 1 aromatic heterocycles. The van der Waals surface area contributed by atoms with Gasteiger partial charge in [-0.2, -0.15) is 23.5 Å². The number of nitriles is 1. The van der Waals surface area contributed by atoms with E-state index in [4.69, 9.17) is 0 Å². The molecule has 0 saturated heterocycles. The molecule has 2 aromatic carbocycles. The summed E-state index contributed by atoms with van der Waals surface area (Å²) < 4.78 is 43.1. The third-order valence-corrected chi connectivity index (χ3v) is 4.39. The average Bonchev–Trinajstić information content (AvgIpc) is 3.03. The summed E-state index contributed by atoms with van der Waals surface area (Å²) in [5, 5.41) is 14.5. The van der Waals surface area contributed by atoms with Gasteiger partial charge in [0.1, 0.15) is 5.69 Å². The van der Waals surface area contributed by atoms with Crippen molar-refractivity contribution in [3.8, 4) is 17.3 Å². The van der Waals surface area contributed by atoms with Gasteiger partial charge in [0.05, 0.1) is 29.1 Å². The maximum atomic E-state index is 12.4. The zero-order chi connectivity index (χ0) is 21.2. The molecule has 0 aliphatic carbocycles. The number of nitrogens with zero attached hydrogens (tertiary/aromatic N) is 3. The topological polar surface area (TPSA) is 67.9 Å². The number of esters is 1. The predicted molar refractivity (Wildman–Crippen MR) is 101 cm³/mol. The molecule has 0 radical (unpaired) electrons. The van der Waals surface area contributed by atoms with Crippen molar-refractivity contribution in [1.29, 1.82) is 5.26 Å². The molecular weight excluding hydrogens is 383 g/mol. The summed E-state index contributed by atoms with van der Waals surface area (Å²) >= 11 is 0. The molecule has 0 atom stereocenters. The van der Waals surface area contributed by atoms with Crippen molar-refractivity contribution >= 4 is 16.9 Å². The van der Waals surface area contributed by atoms with E-state index in [0.29, 0.717) is 16.8 Å². The summed E-state index contributed by atoms with van der Waals surface area (Å²) in [4.78, 5) is 12.2. The van der Waals surface area contributed by atoms with Crippen LogP contribution in [0.4, 0.5) is 13.2 Å². The molecule has 150 valence electrons. The van der Waals surface area contributed by atoms with Crippen LogP contribution in [0.15, 0.2) is 48.5 Å². The fraction of sp³-hybridized carbons (Fsp3) is 0.286. The van der Waals surface area contributed by atoms with Gasteiger partial charge in [0, 0.05) is 10.9 Å². The SMILES string of the molecule is CC(C)(Cn1nc(-c2ccccc2)c2cc(C#N)ccc21)C(=O)OCC(F)(F)F. The third-order valence-electron chi connectivity index (χ3n) is 4.39. The monoisotopic (exact) mass is 401 g/mol. The van der Waals surface area contributed by atoms with E-state index in [1.165, 1.54) is 13.8 Å². The van der Waals surface area contributed by atoms with E-state index in [-0.39, 0.29) is 6.54 Å². The number of carbonyl (C=O) groups is 1. The average molecular weight is 401 g/mol. The number of carbonyl (C=O) groups excluding carboxylic acids is 1. The van der Waals surface area contributed by atoms with Gasteiger partial charge in [-0.1, -0.05) is 30.3 Å². The highest BCUT2D eigenvalue weighted by atomic mass is 19.4. The Labute approximate surface area is 165 Å². The molecule has 1 heterocycles. The van der Waals surface area contributed by atoms with Gasteiger partial charge >= 0.3 is 12.1 Å². The quantitative estimate of drug-likeness (QED) is 0.581. The molecule has 0 saturated carbocycles. The Bertz CT molecular complexity index is 1080. The molecule has 5 nitrogen and oxygen atoms in total. The molecule has 0 aliphatic heterocycles. The smallest absolute Gasteiger partial charge is 0.422 e. The van der Waals surface area contributed by atoms with Crippen LogP contribution >= 0.6 is 0 Å². The molecule has 0 spiro atoms. The fourth-order valence-corrected chi connectivity index (χ4v) is 2.96. The summed E-state index contributed by atoms with van der Waals surface area (Å²) in [5.74, 6) is -0.964. The summed E-state index contributed by atoms with van der Waals surface area (Å²) in [6.07, 6.45) is -4.59. The largest absolute Gasteiger partial charge is 0.456 e. The van der Waals surface area contributed by atoms with E-state index in [2.05, 4.69) is 15.9 Å². The zero-order valence-corrected chi connectivity index (χ0v) is 15.8. The lowest BCUT2D eigenvalue weighted by atomic mass is 9.93. The highest BCUT2D eigenvalue weighted by Gasteiger charge is 2.36. The lowest BCUT2D eigenvalue weighted by Gasteiger charge is -2.23. The van der Waals surface area contributed by atoms with Crippen LogP contribution in [-0.4, -0.2) is 28.5 Å². The van der Waals surface area contributed by atoms with E-state index in [9.17, 15) is 23.2 Å². The second-order valence-corrected chi connectivity index (χ2v) is 7.29. The van der Waals surface area contributed by atoms with Crippen molar-refractivity contribution in [2.45, 2.75) is 26.6 Å². The van der Waals surface area contributed by atoms with Crippen molar-refractivity contribution in [3.63, 3.8) is 0 Å². The number of rotatable bonds is 5. The van der Waals surface area contributed by atoms with Crippen LogP contribution in [0.1, 0.15) is 19.4 Å². The van der Waals surface area contributed by atoms with Gasteiger partial charge < -0.3 is 4.74 Å². The molecule has 0 amide bonds. The Morgan fingerprint density at radius 1 is 1.17 bits per heavy atom. The first-order valence-corrected chi connectivity index (χ1v) is 8.81. The molecule has 29 heavy (non-hydrogen) atoms. The number of alkyl halides is 3. The minimum absolute atomic E-state index is 0.0128. The maximum Gasteiger partial charge on any atom is 0.422 e. The minimum atomic E-state index is -4.59. The van der Waals surface area contributed by atoms with Crippen LogP contribution in [0, 0.1) is 16.7 Å². The summed E-state index contributed by atoms with van der Waals surface area (Å²) in [6, 6.07) is 16.4. The lowest BCUT2D eigenvalue weighted by Crippen LogP contribution is -2.34. The Kier molecular flexibility index (Phi) is 5.33. The highest BCUT2D eigenvalue weighted by Crippen LogP contribution is 2.31. The number of hydrogen-bond donors (Lipinski definition) is 0. The third kappa shape index (κ3) is 4.57. The molecule has 0 bridgehead atoms. The first-order valence-electron chi connectivity index (χ1n) is 8.81. The van der Waals surface area contributed by atoms with E-state index in [1.54, 1.807) is 22.9 Å². The molecule has 0 N–H and O–H groups in total. The molecule has 0 unspecified atom stereocenters. The standard InChI is InChI=1S/C21H18F3N3O2/c1-20(2,19(28)29-13-21(22,23)24)12-27-17-9-8-14(11-25)10-16(17)18(26-27)15-6-4-3-5-7-15/h3-10H,12-13H2,1-2H3. The highest BCUT2D eigenvalue weighted by molar-refractivity contribution is 5.94. The number of hydrogen-bond acceptors (Lipinski definition) is 4. The van der Waals surface area contributed by atoms with Crippen molar-refractivity contribution < 1.29 is 22.7 Å². The molecular formula is C21H18F3N3O2. The predicted octanol–water partition coefficient (Wildman–Crippen LogP) is 4.71. The van der Waals surface area contributed by atoms with Crippen molar-refractivity contribution in [2.24, 2.45) is 5.41 Å². The lowest BCUT2D eigenvalue weighted by molar-refractivity contribution is -0.193. The van der Waals surface area contributed by atoms with Gasteiger partial charge in [-0.05, 0) is 32.0 Å². The first kappa shape index (κ1) is 20.4. The number of fused-ring (bicyclic) bond motifs is 1. The van der Waals surface area contributed by atoms with Crippen LogP contribution in [0.3, 0.4) is 0 Å². The Morgan fingerprint density at radius 3 is 2.48 bits per heavy atom. The summed E-state index contributed by atoms with van der Waals surface area (Å²) in [5.41, 5.74) is 1.32. The normalized spacial score (nSPS) is 12.0. The Morgan fingerprint density at radius 2 is 1.86 bits per heavy atom. The summed E-state index contributed by atoms with van der Waals surface area (Å²) in [6.45, 7) is 1.39. The number of ether oxygens (including phenoxy) is 1. The van der Waals surface area contributed by atoms with Gasteiger partial charge in [0.25, 0.3) is 0 Å². The van der Waals surface area contributed by atoms with Crippen LogP contribution in [0.2, 0.25) is 0 Å². The zero-order valence-electron chi connectivity index (χ0n) is 15.8. The second kappa shape index (κ2) is 7.59. The van der Waals surface area contributed by atoms with Gasteiger partial charge in [-0.15, -0.1) is 0 Å². The van der Waals surface area contributed by atoms with E-state index < -0.39 is 24.2 Å². The number of benzene rings is 2. The van der Waals surface area contributed by atoms with Gasteiger partial charge in [0.15, 0.2) is 6.61 Å². The molecule has 3 aromatic rings. The van der Waals surface area contributed by atoms with Crippen molar-refractivity contribution in [2.75, 3.05) is 6.61 Å². The molecule has 8 heteroatoms. The van der Waals surface area contributed by atoms with Gasteiger partial charge in [-0.3, -0.25) is 9.48 Å². The van der Waals surface area contributed by atoms with Gasteiger partial charge in [-0.25, -0.2) is 0 Å². The first-order chi connectivity index (χ1) is 13.6. The van der Waals surface area contributed by atoms with Crippen LogP contribution in [0.25, 0.3) is 22.2 Å². The molecule has 3 rings (SSSR count). The van der Waals surface area contributed by atoms with Crippen molar-refractivity contribution in [3.05, 3.63) is 54.1 Å². The van der Waals surface area contributed by atoms with Crippen LogP contribution < -0.4 is 0 Å². The van der Waals surface area contributed by atoms with E-state index in [1.807, 2.05) is 30.3 Å². The second-order valence-electron chi connectivity index (χ2n) is 7.29. The summed E-state index contributed by atoms with van der Waals surface area (Å²) in [7, 11) is 0. The molecule has 0 aliphatic rings. The van der Waals surface area contributed by atoms with Gasteiger partial charge in [0.2, 0.25) is 0 Å². The Hall–Kier alpha value is -3.34. The van der Waals surface area contributed by atoms with Crippen molar-refractivity contribution in [1.82, 2.24) is 9.78 Å². The fourth-order valence-electron chi connectivity index (χ4n) is 2.96. The maximum absolute atomic E-state index is 12.4. The van der Waals surface area contributed by atoms with E-state index >= 15 is 0 Å². The van der Waals surface area contributed by atoms with E-state index in [0.717, 1.165) is 10.9 Å². The molecule has 0 fully saturated rings. The van der Waals surface area contributed by atoms with Crippen LogP contribution in [0.5, 0.6) is 0 Å². The minimum Gasteiger partial charge on any atom is -0.456 e. The van der Waals surface area contributed by atoms with Crippen LogP contribution in [-0.2, 0) is 16.1 Å². The Balaban J connectivity index is 1.99. The number of halogens is 3.